The van der Waals surface area contributed by atoms with E-state index in [9.17, 15) is 14.4 Å². The van der Waals surface area contributed by atoms with Gasteiger partial charge in [0, 0.05) is 25.2 Å². The Kier molecular flexibility index (Phi) is 9.24. The van der Waals surface area contributed by atoms with Crippen molar-refractivity contribution in [2.45, 2.75) is 70.2 Å². The number of hydrogen-bond acceptors (Lipinski definition) is 7. The van der Waals surface area contributed by atoms with E-state index in [2.05, 4.69) is 46.7 Å². The largest absolute Gasteiger partial charge is 0.478 e. The molecule has 2 bridgehead atoms. The molecule has 3 amide bonds. The van der Waals surface area contributed by atoms with E-state index in [4.69, 9.17) is 9.31 Å². The van der Waals surface area contributed by atoms with Gasteiger partial charge >= 0.3 is 7.12 Å². The van der Waals surface area contributed by atoms with Crippen LogP contribution in [0.3, 0.4) is 0 Å². The van der Waals surface area contributed by atoms with Gasteiger partial charge in [-0.15, -0.1) is 0 Å². The summed E-state index contributed by atoms with van der Waals surface area (Å²) in [6.45, 7) is 6.78. The molecule has 0 radical (unpaired) electrons. The number of benzene rings is 4. The number of amides is 3. The second-order valence-electron chi connectivity index (χ2n) is 15.6. The average Bonchev–Trinajstić information content (AvgIpc) is 3.52. The highest BCUT2D eigenvalue weighted by Gasteiger charge is 2.67. The number of carbonyl (C=O) groups is 3. The smallest absolute Gasteiger partial charge is 0.404 e. The van der Waals surface area contributed by atoms with Crippen molar-refractivity contribution < 1.29 is 23.7 Å². The Hall–Kier alpha value is -5.13. The lowest BCUT2D eigenvalue weighted by Crippen LogP contribution is -2.65. The number of carbonyl (C=O) groups excluding carboxylic acids is 3. The Morgan fingerprint density at radius 3 is 2.02 bits per heavy atom. The Labute approximate surface area is 309 Å². The highest BCUT2D eigenvalue weighted by molar-refractivity contribution is 6.46. The summed E-state index contributed by atoms with van der Waals surface area (Å²) in [7, 11) is -0.590. The molecule has 1 aliphatic heterocycles. The van der Waals surface area contributed by atoms with E-state index in [0.717, 1.165) is 45.5 Å². The van der Waals surface area contributed by atoms with Crippen molar-refractivity contribution in [2.24, 2.45) is 17.3 Å². The highest BCUT2D eigenvalue weighted by atomic mass is 16.7. The molecule has 3 saturated carbocycles. The van der Waals surface area contributed by atoms with Gasteiger partial charge in [-0.3, -0.25) is 19.4 Å². The normalized spacial score (nSPS) is 23.8. The van der Waals surface area contributed by atoms with Crippen molar-refractivity contribution in [3.05, 3.63) is 120 Å². The number of hydrogen-bond donors (Lipinski definition) is 3. The molecule has 53 heavy (non-hydrogen) atoms. The van der Waals surface area contributed by atoms with Crippen molar-refractivity contribution in [1.82, 2.24) is 25.9 Å². The van der Waals surface area contributed by atoms with Crippen LogP contribution in [0.1, 0.15) is 55.2 Å². The van der Waals surface area contributed by atoms with Gasteiger partial charge in [0.1, 0.15) is 17.8 Å². The van der Waals surface area contributed by atoms with Crippen LogP contribution in [0.15, 0.2) is 104 Å². The van der Waals surface area contributed by atoms with Gasteiger partial charge in [-0.05, 0) is 69.7 Å². The van der Waals surface area contributed by atoms with E-state index >= 15 is 0 Å². The first kappa shape index (κ1) is 34.9. The predicted octanol–water partition coefficient (Wildman–Crippen LogP) is 5.24. The molecule has 11 heteroatoms. The van der Waals surface area contributed by atoms with Crippen molar-refractivity contribution in [3.8, 4) is 0 Å². The first-order valence-corrected chi connectivity index (χ1v) is 18.5. The fourth-order valence-corrected chi connectivity index (χ4v) is 8.89. The first-order valence-electron chi connectivity index (χ1n) is 18.5. The summed E-state index contributed by atoms with van der Waals surface area (Å²) in [6, 6.07) is 26.0. The van der Waals surface area contributed by atoms with E-state index in [-0.39, 0.29) is 42.4 Å². The van der Waals surface area contributed by atoms with Crippen LogP contribution in [0.25, 0.3) is 21.5 Å². The molecule has 1 saturated heterocycles. The fourth-order valence-electron chi connectivity index (χ4n) is 8.89. The maximum Gasteiger partial charge on any atom is 0.478 e. The first-order chi connectivity index (χ1) is 25.6. The number of aromatic nitrogens is 2. The summed E-state index contributed by atoms with van der Waals surface area (Å²) < 4.78 is 12.9. The third-order valence-electron chi connectivity index (χ3n) is 12.0. The van der Waals surface area contributed by atoms with Gasteiger partial charge in [-0.1, -0.05) is 98.8 Å². The van der Waals surface area contributed by atoms with E-state index in [1.807, 2.05) is 84.9 Å². The molecule has 3 N–H and O–H groups in total. The van der Waals surface area contributed by atoms with E-state index in [1.165, 1.54) is 18.6 Å². The molecule has 0 spiro atoms. The van der Waals surface area contributed by atoms with E-state index < -0.39 is 36.6 Å². The van der Waals surface area contributed by atoms with Gasteiger partial charge in [0.25, 0.3) is 5.91 Å². The highest BCUT2D eigenvalue weighted by Crippen LogP contribution is 2.65. The van der Waals surface area contributed by atoms with E-state index in [1.54, 1.807) is 0 Å². The summed E-state index contributed by atoms with van der Waals surface area (Å²) in [6.07, 6.45) is 6.90. The van der Waals surface area contributed by atoms with Crippen LogP contribution in [-0.4, -0.2) is 65.0 Å². The zero-order chi connectivity index (χ0) is 36.7. The minimum atomic E-state index is -1.02. The number of nitrogens with one attached hydrogen (secondary N) is 3. The van der Waals surface area contributed by atoms with Gasteiger partial charge < -0.3 is 25.3 Å². The third-order valence-corrected chi connectivity index (χ3v) is 12.0. The second-order valence-corrected chi connectivity index (χ2v) is 15.6. The molecule has 1 aromatic heterocycles. The molecule has 3 aliphatic carbocycles. The Bertz CT molecular complexity index is 2180. The van der Waals surface area contributed by atoms with Crippen molar-refractivity contribution in [3.63, 3.8) is 0 Å². The molecule has 10 nitrogen and oxygen atoms in total. The molecule has 4 aromatic carbocycles. The maximum atomic E-state index is 14.3. The van der Waals surface area contributed by atoms with Gasteiger partial charge in [0.15, 0.2) is 0 Å². The van der Waals surface area contributed by atoms with Crippen molar-refractivity contribution in [2.75, 3.05) is 6.44 Å². The van der Waals surface area contributed by atoms with Gasteiger partial charge in [0.05, 0.1) is 24.3 Å². The Morgan fingerprint density at radius 2 is 1.42 bits per heavy atom. The van der Waals surface area contributed by atoms with Crippen molar-refractivity contribution >= 4 is 46.4 Å². The molecule has 270 valence electrons. The topological polar surface area (TPSA) is 132 Å². The van der Waals surface area contributed by atoms with Crippen LogP contribution < -0.4 is 16.0 Å². The number of rotatable bonds is 11. The molecule has 6 atom stereocenters. The summed E-state index contributed by atoms with van der Waals surface area (Å²) in [5, 5.41) is 13.1. The van der Waals surface area contributed by atoms with E-state index in [0.29, 0.717) is 11.8 Å². The predicted molar refractivity (Wildman–Crippen MR) is 204 cm³/mol. The molecular weight excluding hydrogens is 665 g/mol. The molecule has 4 aliphatic rings. The van der Waals surface area contributed by atoms with Crippen LogP contribution in [0.5, 0.6) is 0 Å². The van der Waals surface area contributed by atoms with Gasteiger partial charge in [0.2, 0.25) is 11.8 Å². The number of fused-ring (bicyclic) bond motifs is 2. The second kappa shape index (κ2) is 14.0. The SMILES string of the molecule is CC1(C)C2C[C@H]1C[C@H]1OB(CNC(=O)[C@H](Cc3ccc4ccccc4c3)NC(=O)[C@H](Cc3ccc4ccccc4c3)NC(=O)c3cnccn3)O[C@@]21C. The third kappa shape index (κ3) is 6.91. The quantitative estimate of drug-likeness (QED) is 0.160. The van der Waals surface area contributed by atoms with Gasteiger partial charge in [-0.2, -0.15) is 0 Å². The lowest BCUT2D eigenvalue weighted by atomic mass is 9.43. The summed E-state index contributed by atoms with van der Waals surface area (Å²) >= 11 is 0. The Balaban J connectivity index is 1.03. The van der Waals surface area contributed by atoms with Crippen molar-refractivity contribution in [1.29, 1.82) is 0 Å². The zero-order valence-electron chi connectivity index (χ0n) is 30.3. The molecule has 5 aromatic rings. The van der Waals surface area contributed by atoms with Crippen LogP contribution in [0.2, 0.25) is 0 Å². The molecule has 9 rings (SSSR count). The summed E-state index contributed by atoms with van der Waals surface area (Å²) in [4.78, 5) is 49.9. The van der Waals surface area contributed by atoms with Crippen LogP contribution in [0.4, 0.5) is 0 Å². The summed E-state index contributed by atoms with van der Waals surface area (Å²) in [5.41, 5.74) is 1.62. The zero-order valence-corrected chi connectivity index (χ0v) is 30.3. The average molecular weight is 710 g/mol. The minimum absolute atomic E-state index is 0.0111. The van der Waals surface area contributed by atoms with Crippen LogP contribution in [-0.2, 0) is 31.7 Å². The Morgan fingerprint density at radius 1 is 0.792 bits per heavy atom. The fraction of sp³-hybridized carbons (Fsp3) is 0.357. The minimum Gasteiger partial charge on any atom is -0.404 e. The molecule has 2 heterocycles. The van der Waals surface area contributed by atoms with Gasteiger partial charge in [-0.25, -0.2) is 4.98 Å². The molecular formula is C42H44BN5O5. The standard InChI is InChI=1S/C42H44BN5O5/c1-41(2)32-22-36(41)42(3)37(23-32)52-43(53-42)25-46-38(49)33(20-26-12-14-28-8-4-6-10-30(28)18-26)47-39(50)34(48-40(51)35-24-44-16-17-45-35)21-27-13-15-29-9-5-7-11-31(29)19-27/h4-19,24,32-34,36-37H,20-23,25H2,1-3H3,(H,46,49)(H,47,50)(H,48,51)/t32-,33-,34-,36?,37+,42-/m0/s1. The molecule has 1 unspecified atom stereocenters. The monoisotopic (exact) mass is 709 g/mol. The lowest BCUT2D eigenvalue weighted by molar-refractivity contribution is -0.199. The lowest BCUT2D eigenvalue weighted by Gasteiger charge is -2.64. The number of nitrogens with zero attached hydrogens (tertiary/aromatic N) is 2. The maximum absolute atomic E-state index is 14.3. The summed E-state index contributed by atoms with van der Waals surface area (Å²) in [5.74, 6) is -0.392. The van der Waals surface area contributed by atoms with Crippen LogP contribution >= 0.6 is 0 Å². The van der Waals surface area contributed by atoms with Crippen LogP contribution in [0, 0.1) is 17.3 Å². The molecule has 4 fully saturated rings.